The molecule has 1 aromatic heterocycles. The molecule has 3 aromatic rings. The molecule has 40 heavy (non-hydrogen) atoms. The number of carbonyl (C=O) groups excluding carboxylic acids is 2. The number of halogens is 1. The lowest BCUT2D eigenvalue weighted by molar-refractivity contribution is -0.120. The maximum atomic E-state index is 13.9. The van der Waals surface area contributed by atoms with E-state index in [0.717, 1.165) is 46.7 Å². The first-order valence-corrected chi connectivity index (χ1v) is 14.1. The molecule has 0 bridgehead atoms. The predicted molar refractivity (Wildman–Crippen MR) is 153 cm³/mol. The molecule has 3 aliphatic rings. The van der Waals surface area contributed by atoms with Crippen molar-refractivity contribution in [3.8, 4) is 0 Å². The van der Waals surface area contributed by atoms with E-state index in [2.05, 4.69) is 36.0 Å². The summed E-state index contributed by atoms with van der Waals surface area (Å²) in [4.78, 5) is 37.7. The van der Waals surface area contributed by atoms with Gasteiger partial charge in [0.15, 0.2) is 0 Å². The zero-order chi connectivity index (χ0) is 28.0. The van der Waals surface area contributed by atoms with E-state index >= 15 is 0 Å². The molecule has 4 heterocycles. The lowest BCUT2D eigenvalue weighted by Crippen LogP contribution is -2.60. The maximum Gasteiger partial charge on any atom is 0.254 e. The molecule has 0 unspecified atom stereocenters. The number of benzene rings is 2. The van der Waals surface area contributed by atoms with E-state index in [9.17, 15) is 14.0 Å². The van der Waals surface area contributed by atoms with Crippen molar-refractivity contribution in [2.75, 3.05) is 37.6 Å². The van der Waals surface area contributed by atoms with Crippen LogP contribution < -0.4 is 10.2 Å². The van der Waals surface area contributed by atoms with Crippen molar-refractivity contribution in [2.45, 2.75) is 51.2 Å². The van der Waals surface area contributed by atoms with Crippen LogP contribution in [0.1, 0.15) is 53.5 Å². The van der Waals surface area contributed by atoms with E-state index in [1.807, 2.05) is 46.3 Å². The van der Waals surface area contributed by atoms with Crippen LogP contribution in [0.3, 0.4) is 0 Å². The van der Waals surface area contributed by atoms with Gasteiger partial charge in [-0.2, -0.15) is 0 Å². The first kappa shape index (κ1) is 26.6. The molecule has 0 aliphatic carbocycles. The second-order valence-electron chi connectivity index (χ2n) is 12.1. The summed E-state index contributed by atoms with van der Waals surface area (Å²) in [6.45, 7) is 9.95. The van der Waals surface area contributed by atoms with Gasteiger partial charge in [0.1, 0.15) is 5.82 Å². The third-order valence-corrected chi connectivity index (χ3v) is 8.50. The zero-order valence-electron chi connectivity index (χ0n) is 23.4. The molecule has 8 heteroatoms. The summed E-state index contributed by atoms with van der Waals surface area (Å²) in [5.74, 6) is -0.138. The number of pyridine rings is 1. The van der Waals surface area contributed by atoms with Crippen molar-refractivity contribution in [3.63, 3.8) is 0 Å². The third kappa shape index (κ3) is 5.13. The van der Waals surface area contributed by atoms with Gasteiger partial charge in [0.25, 0.3) is 5.91 Å². The molecular weight excluding hydrogens is 505 g/mol. The highest BCUT2D eigenvalue weighted by molar-refractivity contribution is 5.98. The molecule has 0 saturated carbocycles. The van der Waals surface area contributed by atoms with Crippen LogP contribution in [0, 0.1) is 5.82 Å². The van der Waals surface area contributed by atoms with E-state index in [4.69, 9.17) is 0 Å². The Labute approximate surface area is 235 Å². The van der Waals surface area contributed by atoms with E-state index < -0.39 is 0 Å². The maximum absolute atomic E-state index is 13.9. The van der Waals surface area contributed by atoms with Gasteiger partial charge in [-0.25, -0.2) is 4.39 Å². The molecule has 0 spiro atoms. The number of fused-ring (bicyclic) bond motifs is 2. The molecule has 1 N–H and O–H groups in total. The van der Waals surface area contributed by atoms with Crippen molar-refractivity contribution in [3.05, 3.63) is 94.6 Å². The fourth-order valence-corrected chi connectivity index (χ4v) is 6.31. The minimum atomic E-state index is -0.261. The summed E-state index contributed by atoms with van der Waals surface area (Å²) in [5, 5.41) is 3.54. The van der Waals surface area contributed by atoms with E-state index in [-0.39, 0.29) is 41.7 Å². The quantitative estimate of drug-likeness (QED) is 0.515. The standard InChI is InChI=1S/C32H36FN5O2/c1-21-16-36(26(14-34-21)18-37-17-23-6-4-5-7-27(23)31(37)40)19-30(39)38-20-32(2,3)28-15-35-25(13-29(28)38)12-22-8-10-24(33)11-9-22/h4-11,13,15,21,26,34H,12,14,16-20H2,1-3H3/t21-,26-/m1/s1. The van der Waals surface area contributed by atoms with Crippen molar-refractivity contribution < 1.29 is 14.0 Å². The molecule has 7 nitrogen and oxygen atoms in total. The van der Waals surface area contributed by atoms with Gasteiger partial charge in [-0.3, -0.25) is 19.5 Å². The smallest absolute Gasteiger partial charge is 0.254 e. The van der Waals surface area contributed by atoms with Crippen LogP contribution in [-0.2, 0) is 23.2 Å². The minimum absolute atomic E-state index is 0.0416. The first-order valence-electron chi connectivity index (χ1n) is 14.1. The number of aromatic nitrogens is 1. The third-order valence-electron chi connectivity index (χ3n) is 8.50. The Bertz CT molecular complexity index is 1440. The molecule has 2 atom stereocenters. The van der Waals surface area contributed by atoms with E-state index in [1.54, 1.807) is 12.1 Å². The van der Waals surface area contributed by atoms with Gasteiger partial charge in [0.05, 0.1) is 12.2 Å². The predicted octanol–water partition coefficient (Wildman–Crippen LogP) is 3.75. The number of amides is 2. The Kier molecular flexibility index (Phi) is 6.92. The Morgan fingerprint density at radius 1 is 1.15 bits per heavy atom. The Balaban J connectivity index is 1.19. The van der Waals surface area contributed by atoms with Gasteiger partial charge in [-0.05, 0) is 42.3 Å². The fraction of sp³-hybridized carbons (Fsp3) is 0.406. The fourth-order valence-electron chi connectivity index (χ4n) is 6.31. The zero-order valence-corrected chi connectivity index (χ0v) is 23.4. The summed E-state index contributed by atoms with van der Waals surface area (Å²) in [5.41, 5.74) is 5.43. The summed E-state index contributed by atoms with van der Waals surface area (Å²) < 4.78 is 13.4. The topological polar surface area (TPSA) is 68.8 Å². The second kappa shape index (κ2) is 10.4. The van der Waals surface area contributed by atoms with Gasteiger partial charge in [0, 0.05) is 79.7 Å². The number of hydrogen-bond acceptors (Lipinski definition) is 5. The van der Waals surface area contributed by atoms with Gasteiger partial charge >= 0.3 is 0 Å². The average molecular weight is 542 g/mol. The van der Waals surface area contributed by atoms with Gasteiger partial charge < -0.3 is 15.1 Å². The van der Waals surface area contributed by atoms with Crippen LogP contribution in [0.5, 0.6) is 0 Å². The highest BCUT2D eigenvalue weighted by Crippen LogP contribution is 2.40. The molecular formula is C32H36FN5O2. The number of rotatable bonds is 6. The largest absolute Gasteiger partial charge is 0.333 e. The number of anilines is 1. The lowest BCUT2D eigenvalue weighted by Gasteiger charge is -2.41. The summed E-state index contributed by atoms with van der Waals surface area (Å²) in [6.07, 6.45) is 2.47. The number of carbonyl (C=O) groups is 2. The normalized spacial score (nSPS) is 21.9. The van der Waals surface area contributed by atoms with Gasteiger partial charge in [-0.1, -0.05) is 44.2 Å². The van der Waals surface area contributed by atoms with Crippen LogP contribution in [0.2, 0.25) is 0 Å². The number of hydrogen-bond donors (Lipinski definition) is 1. The molecule has 6 rings (SSSR count). The van der Waals surface area contributed by atoms with Crippen LogP contribution in [0.15, 0.2) is 60.8 Å². The van der Waals surface area contributed by atoms with Gasteiger partial charge in [-0.15, -0.1) is 0 Å². The minimum Gasteiger partial charge on any atom is -0.333 e. The van der Waals surface area contributed by atoms with Crippen molar-refractivity contribution in [1.29, 1.82) is 0 Å². The molecule has 208 valence electrons. The SMILES string of the molecule is C[C@@H]1CN(CC(=O)N2CC(C)(C)c3cnc(Cc4ccc(F)cc4)cc32)[C@@H](CN2Cc3ccccc3C2=O)CN1. The number of nitrogens with zero attached hydrogens (tertiary/aromatic N) is 4. The monoisotopic (exact) mass is 541 g/mol. The summed E-state index contributed by atoms with van der Waals surface area (Å²) in [7, 11) is 0. The number of nitrogens with one attached hydrogen (secondary N) is 1. The van der Waals surface area contributed by atoms with Crippen LogP contribution in [-0.4, -0.2) is 71.4 Å². The molecule has 3 aliphatic heterocycles. The molecule has 1 fully saturated rings. The van der Waals surface area contributed by atoms with Gasteiger partial charge in [0.2, 0.25) is 5.91 Å². The number of piperazine rings is 1. The molecule has 1 saturated heterocycles. The summed E-state index contributed by atoms with van der Waals surface area (Å²) >= 11 is 0. The lowest BCUT2D eigenvalue weighted by atomic mass is 9.88. The average Bonchev–Trinajstić information content (AvgIpc) is 3.39. The van der Waals surface area contributed by atoms with Crippen molar-refractivity contribution >= 4 is 17.5 Å². The molecule has 2 aromatic carbocycles. The Morgan fingerprint density at radius 3 is 2.70 bits per heavy atom. The Morgan fingerprint density at radius 2 is 1.93 bits per heavy atom. The van der Waals surface area contributed by atoms with Crippen LogP contribution in [0.4, 0.5) is 10.1 Å². The second-order valence-corrected chi connectivity index (χ2v) is 12.1. The van der Waals surface area contributed by atoms with E-state index in [0.29, 0.717) is 26.1 Å². The van der Waals surface area contributed by atoms with Crippen molar-refractivity contribution in [1.82, 2.24) is 20.1 Å². The summed E-state index contributed by atoms with van der Waals surface area (Å²) in [6, 6.07) is 16.6. The van der Waals surface area contributed by atoms with Crippen LogP contribution >= 0.6 is 0 Å². The van der Waals surface area contributed by atoms with E-state index in [1.165, 1.54) is 12.1 Å². The van der Waals surface area contributed by atoms with Crippen LogP contribution in [0.25, 0.3) is 0 Å². The highest BCUT2D eigenvalue weighted by Gasteiger charge is 2.40. The first-order chi connectivity index (χ1) is 19.2. The Hall–Kier alpha value is -3.62. The van der Waals surface area contributed by atoms with Crippen molar-refractivity contribution in [2.24, 2.45) is 0 Å². The molecule has 2 amide bonds. The molecule has 0 radical (unpaired) electrons. The highest BCUT2D eigenvalue weighted by atomic mass is 19.1.